The minimum Gasteiger partial charge on any atom is -0.365 e. The molecular weight excluding hydrogens is 250 g/mol. The second kappa shape index (κ2) is 6.23. The summed E-state index contributed by atoms with van der Waals surface area (Å²) in [5, 5.41) is 3.47. The molecule has 5 heteroatoms. The van der Waals surface area contributed by atoms with Crippen molar-refractivity contribution in [3.8, 4) is 0 Å². The smallest absolute Gasteiger partial charge is 0.293 e. The normalized spacial score (nSPS) is 23.9. The fourth-order valence-electron chi connectivity index (χ4n) is 2.47. The summed E-state index contributed by atoms with van der Waals surface area (Å²) in [7, 11) is 0. The van der Waals surface area contributed by atoms with Gasteiger partial charge in [0.25, 0.3) is 5.56 Å². The Bertz CT molecular complexity index is 446. The minimum absolute atomic E-state index is 0.0433. The Kier molecular flexibility index (Phi) is 4.64. The highest BCUT2D eigenvalue weighted by atomic mass is 35.5. The number of aromatic nitrogens is 2. The monoisotopic (exact) mass is 269 g/mol. The lowest BCUT2D eigenvalue weighted by molar-refractivity contribution is 0.378. The van der Waals surface area contributed by atoms with Gasteiger partial charge in [0.2, 0.25) is 0 Å². The third-order valence-electron chi connectivity index (χ3n) is 3.53. The van der Waals surface area contributed by atoms with Gasteiger partial charge in [-0.3, -0.25) is 4.79 Å². The minimum atomic E-state index is -0.0433. The molecule has 1 aromatic rings. The molecular formula is C13H20ClN3O. The van der Waals surface area contributed by atoms with Crippen molar-refractivity contribution in [1.29, 1.82) is 0 Å². The summed E-state index contributed by atoms with van der Waals surface area (Å²) in [4.78, 5) is 16.1. The summed E-state index contributed by atoms with van der Waals surface area (Å²) in [5.74, 6) is 1.01. The summed E-state index contributed by atoms with van der Waals surface area (Å²) in [6, 6.07) is 0. The van der Waals surface area contributed by atoms with Crippen LogP contribution in [0.3, 0.4) is 0 Å². The van der Waals surface area contributed by atoms with Gasteiger partial charge in [0.1, 0.15) is 0 Å². The zero-order valence-electron chi connectivity index (χ0n) is 10.7. The Morgan fingerprint density at radius 1 is 1.56 bits per heavy atom. The third kappa shape index (κ3) is 3.25. The largest absolute Gasteiger partial charge is 0.365 e. The Morgan fingerprint density at radius 2 is 2.39 bits per heavy atom. The van der Waals surface area contributed by atoms with Crippen LogP contribution in [0.15, 0.2) is 17.2 Å². The topological polar surface area (TPSA) is 46.9 Å². The van der Waals surface area contributed by atoms with Crippen molar-refractivity contribution < 1.29 is 0 Å². The number of aryl methyl sites for hydroxylation is 1. The quantitative estimate of drug-likeness (QED) is 0.855. The first-order valence-electron chi connectivity index (χ1n) is 6.64. The molecule has 0 spiro atoms. The van der Waals surface area contributed by atoms with Crippen LogP contribution >= 0.6 is 11.6 Å². The number of halogens is 1. The summed E-state index contributed by atoms with van der Waals surface area (Å²) in [6.07, 6.45) is 7.89. The van der Waals surface area contributed by atoms with Crippen molar-refractivity contribution in [1.82, 2.24) is 9.55 Å². The first-order chi connectivity index (χ1) is 8.70. The van der Waals surface area contributed by atoms with Gasteiger partial charge in [-0.2, -0.15) is 0 Å². The lowest BCUT2D eigenvalue weighted by Crippen LogP contribution is -2.28. The van der Waals surface area contributed by atoms with E-state index < -0.39 is 0 Å². The van der Waals surface area contributed by atoms with Crippen molar-refractivity contribution >= 4 is 17.4 Å². The average molecular weight is 270 g/mol. The van der Waals surface area contributed by atoms with Gasteiger partial charge in [0.05, 0.1) is 0 Å². The standard InChI is InChI=1S/C13H20ClN3O/c1-2-17-7-6-15-12(13(17)18)16-9-10-4-3-5-11(14)8-10/h6-7,10-11H,2-5,8-9H2,1H3,(H,15,16). The maximum atomic E-state index is 11.9. The average Bonchev–Trinajstić information content (AvgIpc) is 2.38. The molecule has 1 fully saturated rings. The first kappa shape index (κ1) is 13.4. The van der Waals surface area contributed by atoms with Crippen LogP contribution < -0.4 is 10.9 Å². The summed E-state index contributed by atoms with van der Waals surface area (Å²) < 4.78 is 1.65. The molecule has 1 aliphatic carbocycles. The zero-order chi connectivity index (χ0) is 13.0. The van der Waals surface area contributed by atoms with Crippen LogP contribution in [0, 0.1) is 5.92 Å². The van der Waals surface area contributed by atoms with Crippen LogP contribution in [0.2, 0.25) is 0 Å². The van der Waals surface area contributed by atoms with Gasteiger partial charge >= 0.3 is 0 Å². The van der Waals surface area contributed by atoms with Crippen molar-refractivity contribution in [2.45, 2.75) is 44.5 Å². The molecule has 1 saturated carbocycles. The molecule has 0 saturated heterocycles. The van der Waals surface area contributed by atoms with Crippen molar-refractivity contribution in [3.05, 3.63) is 22.7 Å². The molecule has 0 aliphatic heterocycles. The Labute approximate surface area is 112 Å². The van der Waals surface area contributed by atoms with E-state index in [2.05, 4.69) is 10.3 Å². The third-order valence-corrected chi connectivity index (χ3v) is 3.93. The number of hydrogen-bond acceptors (Lipinski definition) is 3. The molecule has 100 valence electrons. The molecule has 1 aliphatic rings. The maximum Gasteiger partial charge on any atom is 0.293 e. The van der Waals surface area contributed by atoms with E-state index >= 15 is 0 Å². The molecule has 1 N–H and O–H groups in total. The Hall–Kier alpha value is -1.03. The summed E-state index contributed by atoms with van der Waals surface area (Å²) in [5.41, 5.74) is -0.0433. The zero-order valence-corrected chi connectivity index (χ0v) is 11.5. The van der Waals surface area contributed by atoms with Gasteiger partial charge in [-0.05, 0) is 32.1 Å². The highest BCUT2D eigenvalue weighted by molar-refractivity contribution is 6.20. The maximum absolute atomic E-state index is 11.9. The van der Waals surface area contributed by atoms with E-state index in [9.17, 15) is 4.79 Å². The number of nitrogens with zero attached hydrogens (tertiary/aromatic N) is 2. The van der Waals surface area contributed by atoms with Gasteiger partial charge in [-0.1, -0.05) is 6.42 Å². The molecule has 0 amide bonds. The van der Waals surface area contributed by atoms with E-state index in [1.807, 2.05) is 6.92 Å². The molecule has 2 atom stereocenters. The second-order valence-electron chi connectivity index (χ2n) is 4.88. The second-order valence-corrected chi connectivity index (χ2v) is 5.50. The van der Waals surface area contributed by atoms with E-state index in [0.29, 0.717) is 23.7 Å². The Balaban J connectivity index is 1.96. The lowest BCUT2D eigenvalue weighted by Gasteiger charge is -2.25. The molecule has 1 heterocycles. The molecule has 4 nitrogen and oxygen atoms in total. The van der Waals surface area contributed by atoms with Crippen LogP contribution in [-0.2, 0) is 6.54 Å². The van der Waals surface area contributed by atoms with Gasteiger partial charge < -0.3 is 9.88 Å². The van der Waals surface area contributed by atoms with Crippen molar-refractivity contribution in [3.63, 3.8) is 0 Å². The Morgan fingerprint density at radius 3 is 3.11 bits per heavy atom. The fraction of sp³-hybridized carbons (Fsp3) is 0.692. The van der Waals surface area contributed by atoms with Crippen LogP contribution in [0.4, 0.5) is 5.82 Å². The highest BCUT2D eigenvalue weighted by Crippen LogP contribution is 2.27. The van der Waals surface area contributed by atoms with Crippen LogP contribution in [0.1, 0.15) is 32.6 Å². The molecule has 2 rings (SSSR count). The molecule has 2 unspecified atom stereocenters. The van der Waals surface area contributed by atoms with E-state index in [4.69, 9.17) is 11.6 Å². The van der Waals surface area contributed by atoms with E-state index in [1.165, 1.54) is 12.8 Å². The predicted molar refractivity (Wildman–Crippen MR) is 74.3 cm³/mol. The number of hydrogen-bond donors (Lipinski definition) is 1. The highest BCUT2D eigenvalue weighted by Gasteiger charge is 2.20. The van der Waals surface area contributed by atoms with Crippen LogP contribution in [0.25, 0.3) is 0 Å². The van der Waals surface area contributed by atoms with Crippen molar-refractivity contribution in [2.75, 3.05) is 11.9 Å². The lowest BCUT2D eigenvalue weighted by atomic mass is 9.89. The summed E-state index contributed by atoms with van der Waals surface area (Å²) in [6.45, 7) is 3.41. The van der Waals surface area contributed by atoms with E-state index in [-0.39, 0.29) is 5.56 Å². The molecule has 0 aromatic carbocycles. The van der Waals surface area contributed by atoms with Crippen LogP contribution in [0.5, 0.6) is 0 Å². The number of alkyl halides is 1. The molecule has 0 radical (unpaired) electrons. The van der Waals surface area contributed by atoms with Gasteiger partial charge in [0.15, 0.2) is 5.82 Å². The molecule has 1 aromatic heterocycles. The van der Waals surface area contributed by atoms with E-state index in [0.717, 1.165) is 19.4 Å². The van der Waals surface area contributed by atoms with Gasteiger partial charge in [-0.25, -0.2) is 4.98 Å². The van der Waals surface area contributed by atoms with Gasteiger partial charge in [0, 0.05) is 30.9 Å². The number of anilines is 1. The number of rotatable bonds is 4. The molecule has 0 bridgehead atoms. The fourth-order valence-corrected chi connectivity index (χ4v) is 2.88. The predicted octanol–water partition coefficient (Wildman–Crippen LogP) is 2.47. The van der Waals surface area contributed by atoms with Crippen LogP contribution in [-0.4, -0.2) is 21.5 Å². The SMILES string of the molecule is CCn1ccnc(NCC2CCCC(Cl)C2)c1=O. The van der Waals surface area contributed by atoms with Crippen molar-refractivity contribution in [2.24, 2.45) is 5.92 Å². The number of nitrogens with one attached hydrogen (secondary N) is 1. The van der Waals surface area contributed by atoms with Gasteiger partial charge in [-0.15, -0.1) is 11.6 Å². The van der Waals surface area contributed by atoms with E-state index in [1.54, 1.807) is 17.0 Å². The first-order valence-corrected chi connectivity index (χ1v) is 7.07. The summed E-state index contributed by atoms with van der Waals surface area (Å²) >= 11 is 6.16. The molecule has 18 heavy (non-hydrogen) atoms.